The molecule has 228 valence electrons. The van der Waals surface area contributed by atoms with Crippen LogP contribution in [-0.4, -0.2) is 100 Å². The van der Waals surface area contributed by atoms with E-state index in [1.54, 1.807) is 30.5 Å². The highest BCUT2D eigenvalue weighted by Gasteiger charge is 2.38. The molecule has 2 fully saturated rings. The average molecular weight is 593 g/mol. The van der Waals surface area contributed by atoms with E-state index < -0.39 is 18.0 Å². The number of imide groups is 1. The normalized spacial score (nSPS) is 18.1. The number of hydrogen-bond acceptors (Lipinski definition) is 9. The Hall–Kier alpha value is -4.58. The van der Waals surface area contributed by atoms with Gasteiger partial charge in [0.25, 0.3) is 11.8 Å². The Labute approximate surface area is 249 Å². The smallest absolute Gasteiger partial charge is 0.328 e. The molecule has 3 heterocycles. The minimum Gasteiger partial charge on any atom is -0.478 e. The molecule has 0 radical (unpaired) electrons. The summed E-state index contributed by atoms with van der Waals surface area (Å²) in [6, 6.07) is 12.8. The molecule has 2 aromatic rings. The summed E-state index contributed by atoms with van der Waals surface area (Å²) >= 11 is 0. The van der Waals surface area contributed by atoms with Gasteiger partial charge in [-0.15, -0.1) is 0 Å². The summed E-state index contributed by atoms with van der Waals surface area (Å²) < 4.78 is 6.01. The Morgan fingerprint density at radius 3 is 1.95 bits per heavy atom. The lowest BCUT2D eigenvalue weighted by Gasteiger charge is -2.37. The number of carboxylic acid groups (broad SMARTS) is 2. The highest BCUT2D eigenvalue weighted by atomic mass is 16.5. The van der Waals surface area contributed by atoms with E-state index >= 15 is 0 Å². The third-order valence-electron chi connectivity index (χ3n) is 7.66. The van der Waals surface area contributed by atoms with Crippen molar-refractivity contribution in [2.75, 3.05) is 44.2 Å². The van der Waals surface area contributed by atoms with Crippen LogP contribution in [0.1, 0.15) is 52.8 Å². The van der Waals surface area contributed by atoms with E-state index in [-0.39, 0.29) is 30.2 Å². The zero-order valence-electron chi connectivity index (χ0n) is 23.8. The van der Waals surface area contributed by atoms with E-state index in [2.05, 4.69) is 14.8 Å². The van der Waals surface area contributed by atoms with Crippen LogP contribution in [0.2, 0.25) is 0 Å². The lowest BCUT2D eigenvalue weighted by molar-refractivity contribution is -0.156. The van der Waals surface area contributed by atoms with Gasteiger partial charge in [0.2, 0.25) is 0 Å². The van der Waals surface area contributed by atoms with Crippen molar-refractivity contribution >= 4 is 35.5 Å². The Balaban J connectivity index is 0.000000467. The second-order valence-electron chi connectivity index (χ2n) is 10.6. The lowest BCUT2D eigenvalue weighted by Crippen LogP contribution is -2.51. The van der Waals surface area contributed by atoms with Crippen molar-refractivity contribution < 1.29 is 38.9 Å². The fourth-order valence-corrected chi connectivity index (χ4v) is 5.47. The van der Waals surface area contributed by atoms with Gasteiger partial charge >= 0.3 is 17.9 Å². The van der Waals surface area contributed by atoms with Gasteiger partial charge in [0, 0.05) is 51.1 Å². The molecular weight excluding hydrogens is 556 g/mol. The standard InChI is InChI=1S/C27H32N4O4.C4H4O4/c32-25-22-10-4-5-11-23(22)26(33)31(25)19-21(35-27(34)20-8-2-1-3-9-20)18-29-14-16-30(17-15-29)24-12-6-7-13-28-24;5-3(6)1-2-4(7)8/h4-7,10-13,20-21H,1-3,8-9,14-19H2;1-2H,(H,5,6)(H,7,8)/b;2-1-. The molecule has 1 aromatic heterocycles. The number of carboxylic acids is 2. The highest BCUT2D eigenvalue weighted by molar-refractivity contribution is 6.21. The maximum Gasteiger partial charge on any atom is 0.328 e. The molecule has 0 bridgehead atoms. The first-order valence-electron chi connectivity index (χ1n) is 14.4. The molecule has 0 spiro atoms. The average Bonchev–Trinajstić information content (AvgIpc) is 3.26. The summed E-state index contributed by atoms with van der Waals surface area (Å²) in [7, 11) is 0. The minimum absolute atomic E-state index is 0.0747. The fraction of sp³-hybridized carbons (Fsp3) is 0.419. The molecule has 12 nitrogen and oxygen atoms in total. The number of aromatic nitrogens is 1. The molecule has 2 N–H and O–H groups in total. The van der Waals surface area contributed by atoms with Crippen molar-refractivity contribution in [3.8, 4) is 0 Å². The van der Waals surface area contributed by atoms with Crippen molar-refractivity contribution in [3.05, 3.63) is 71.9 Å². The van der Waals surface area contributed by atoms with E-state index in [1.807, 2.05) is 18.2 Å². The van der Waals surface area contributed by atoms with Crippen molar-refractivity contribution in [2.45, 2.75) is 38.2 Å². The number of ether oxygens (including phenoxy) is 1. The highest BCUT2D eigenvalue weighted by Crippen LogP contribution is 2.27. The molecule has 1 aromatic carbocycles. The second kappa shape index (κ2) is 15.1. The molecule has 5 rings (SSSR count). The van der Waals surface area contributed by atoms with E-state index in [4.69, 9.17) is 14.9 Å². The van der Waals surface area contributed by atoms with Crippen molar-refractivity contribution in [1.82, 2.24) is 14.8 Å². The number of benzene rings is 1. The van der Waals surface area contributed by atoms with Gasteiger partial charge in [-0.3, -0.25) is 24.2 Å². The summed E-state index contributed by atoms with van der Waals surface area (Å²) in [6.45, 7) is 3.76. The molecule has 3 aliphatic rings. The van der Waals surface area contributed by atoms with Crippen LogP contribution in [0.3, 0.4) is 0 Å². The largest absolute Gasteiger partial charge is 0.478 e. The fourth-order valence-electron chi connectivity index (χ4n) is 5.47. The number of hydrogen-bond donors (Lipinski definition) is 2. The molecule has 1 atom stereocenters. The molecule has 1 unspecified atom stereocenters. The molecule has 1 saturated heterocycles. The molecular formula is C31H36N4O8. The molecule has 1 aliphatic carbocycles. The number of aliphatic carboxylic acids is 2. The predicted octanol–water partition coefficient (Wildman–Crippen LogP) is 2.70. The maximum atomic E-state index is 13.0. The Morgan fingerprint density at radius 1 is 0.837 bits per heavy atom. The van der Waals surface area contributed by atoms with E-state index in [1.165, 1.54) is 4.90 Å². The third-order valence-corrected chi connectivity index (χ3v) is 7.66. The second-order valence-corrected chi connectivity index (χ2v) is 10.6. The van der Waals surface area contributed by atoms with Crippen LogP contribution in [0, 0.1) is 5.92 Å². The van der Waals surface area contributed by atoms with E-state index in [0.29, 0.717) is 29.8 Å². The van der Waals surface area contributed by atoms with Crippen LogP contribution in [0.25, 0.3) is 0 Å². The quantitative estimate of drug-likeness (QED) is 0.251. The number of esters is 1. The summed E-state index contributed by atoms with van der Waals surface area (Å²) in [4.78, 5) is 68.2. The Morgan fingerprint density at radius 2 is 1.42 bits per heavy atom. The first-order valence-corrected chi connectivity index (χ1v) is 14.4. The molecule has 2 amide bonds. The summed E-state index contributed by atoms with van der Waals surface area (Å²) in [5.74, 6) is -2.47. The van der Waals surface area contributed by atoms with E-state index in [9.17, 15) is 24.0 Å². The van der Waals surface area contributed by atoms with Crippen LogP contribution < -0.4 is 4.90 Å². The molecule has 12 heteroatoms. The van der Waals surface area contributed by atoms with Crippen LogP contribution in [-0.2, 0) is 19.1 Å². The van der Waals surface area contributed by atoms with Gasteiger partial charge in [-0.25, -0.2) is 14.6 Å². The van der Waals surface area contributed by atoms with Gasteiger partial charge in [-0.2, -0.15) is 0 Å². The van der Waals surface area contributed by atoms with Crippen molar-refractivity contribution in [2.24, 2.45) is 5.92 Å². The summed E-state index contributed by atoms with van der Waals surface area (Å²) in [5, 5.41) is 15.6. The van der Waals surface area contributed by atoms with Crippen molar-refractivity contribution in [1.29, 1.82) is 0 Å². The van der Waals surface area contributed by atoms with Crippen LogP contribution in [0.5, 0.6) is 0 Å². The van der Waals surface area contributed by atoms with Gasteiger partial charge in [-0.05, 0) is 37.1 Å². The van der Waals surface area contributed by atoms with Crippen LogP contribution in [0.15, 0.2) is 60.8 Å². The zero-order chi connectivity index (χ0) is 30.8. The number of amides is 2. The minimum atomic E-state index is -1.26. The summed E-state index contributed by atoms with van der Waals surface area (Å²) in [5.41, 5.74) is 0.831. The van der Waals surface area contributed by atoms with Gasteiger partial charge < -0.3 is 19.8 Å². The molecule has 1 saturated carbocycles. The van der Waals surface area contributed by atoms with Crippen LogP contribution in [0.4, 0.5) is 5.82 Å². The Kier molecular flexibility index (Phi) is 11.0. The zero-order valence-corrected chi connectivity index (χ0v) is 23.8. The van der Waals surface area contributed by atoms with Gasteiger partial charge in [0.05, 0.1) is 23.6 Å². The number of fused-ring (bicyclic) bond motifs is 1. The summed E-state index contributed by atoms with van der Waals surface area (Å²) in [6.07, 6.45) is 7.28. The van der Waals surface area contributed by atoms with E-state index in [0.717, 1.165) is 64.1 Å². The number of carbonyl (C=O) groups excluding carboxylic acids is 3. The Bertz CT molecular complexity index is 1280. The number of rotatable bonds is 9. The molecule has 43 heavy (non-hydrogen) atoms. The van der Waals surface area contributed by atoms with Crippen LogP contribution >= 0.6 is 0 Å². The lowest BCUT2D eigenvalue weighted by atomic mass is 9.89. The maximum absolute atomic E-state index is 13.0. The monoisotopic (exact) mass is 592 g/mol. The number of anilines is 1. The first kappa shape index (κ1) is 31.4. The number of nitrogens with zero attached hydrogens (tertiary/aromatic N) is 4. The molecule has 2 aliphatic heterocycles. The SMILES string of the molecule is O=C(O)/C=C\C(=O)O.O=C(OC(CN1CCN(c2ccccn2)CC1)CN1C(=O)c2ccccc2C1=O)C1CCCCC1. The van der Waals surface area contributed by atoms with Gasteiger partial charge in [0.1, 0.15) is 11.9 Å². The van der Waals surface area contributed by atoms with Crippen molar-refractivity contribution in [3.63, 3.8) is 0 Å². The topological polar surface area (TPSA) is 158 Å². The number of piperazine rings is 1. The third kappa shape index (κ3) is 8.71. The van der Waals surface area contributed by atoms with Gasteiger partial charge in [0.15, 0.2) is 0 Å². The number of carbonyl (C=O) groups is 5. The van der Waals surface area contributed by atoms with Gasteiger partial charge in [-0.1, -0.05) is 37.5 Å². The predicted molar refractivity (Wildman–Crippen MR) is 156 cm³/mol. The first-order chi connectivity index (χ1) is 20.7. The number of pyridine rings is 1.